The molecule has 3 heterocycles. The van der Waals surface area contributed by atoms with Gasteiger partial charge in [0, 0.05) is 57.5 Å². The second kappa shape index (κ2) is 10.3. The van der Waals surface area contributed by atoms with Gasteiger partial charge in [0.2, 0.25) is 11.8 Å². The average molecular weight is 493 g/mol. The lowest BCUT2D eigenvalue weighted by Crippen LogP contribution is -2.49. The van der Waals surface area contributed by atoms with Crippen molar-refractivity contribution in [3.63, 3.8) is 0 Å². The van der Waals surface area contributed by atoms with Gasteiger partial charge in [0.1, 0.15) is 6.04 Å². The van der Waals surface area contributed by atoms with Gasteiger partial charge in [-0.15, -0.1) is 0 Å². The van der Waals surface area contributed by atoms with Gasteiger partial charge in [0.05, 0.1) is 11.0 Å². The van der Waals surface area contributed by atoms with Crippen LogP contribution in [0.3, 0.4) is 0 Å². The molecule has 34 heavy (non-hydrogen) atoms. The molecule has 3 aliphatic heterocycles. The van der Waals surface area contributed by atoms with Crippen LogP contribution in [-0.2, 0) is 26.0 Å². The smallest absolute Gasteiger partial charge is 0.239 e. The molecule has 0 saturated carbocycles. The standard InChI is InChI=1S/C24H36N4O5S/c1-26-18(5-8-22(30)27-12-9-19(29)10-13-27)15-25-24(31)23-21(26)11-14-28(23)16-17-3-6-20(7-4-17)34(2,32)33/h3-4,6-7,18-19,21,23,29H,5,8-16H2,1-2H3,(H,25,31)/t18-,21+,23-/m0/s1. The van der Waals surface area contributed by atoms with Crippen LogP contribution < -0.4 is 5.32 Å². The Hall–Kier alpha value is -2.01. The molecule has 3 aliphatic rings. The number of nitrogens with zero attached hydrogens (tertiary/aromatic N) is 3. The van der Waals surface area contributed by atoms with Crippen LogP contribution in [0.1, 0.15) is 37.7 Å². The summed E-state index contributed by atoms with van der Waals surface area (Å²) < 4.78 is 23.4. The highest BCUT2D eigenvalue weighted by Crippen LogP contribution is 2.29. The molecule has 3 saturated heterocycles. The van der Waals surface area contributed by atoms with Crippen LogP contribution in [0.4, 0.5) is 0 Å². The van der Waals surface area contributed by atoms with Gasteiger partial charge >= 0.3 is 0 Å². The molecule has 0 spiro atoms. The lowest BCUT2D eigenvalue weighted by molar-refractivity contribution is -0.133. The molecule has 0 unspecified atom stereocenters. The maximum Gasteiger partial charge on any atom is 0.239 e. The van der Waals surface area contributed by atoms with Crippen LogP contribution in [0.15, 0.2) is 29.2 Å². The molecule has 3 fully saturated rings. The first kappa shape index (κ1) is 25.1. The maximum atomic E-state index is 13.0. The van der Waals surface area contributed by atoms with E-state index < -0.39 is 9.84 Å². The molecular weight excluding hydrogens is 456 g/mol. The number of carbonyl (C=O) groups is 2. The van der Waals surface area contributed by atoms with Crippen molar-refractivity contribution in [2.75, 3.05) is 39.5 Å². The number of sulfone groups is 1. The van der Waals surface area contributed by atoms with E-state index in [1.807, 2.05) is 17.0 Å². The number of nitrogens with one attached hydrogen (secondary N) is 1. The first-order chi connectivity index (χ1) is 16.1. The quantitative estimate of drug-likeness (QED) is 0.585. The van der Waals surface area contributed by atoms with E-state index in [0.29, 0.717) is 56.8 Å². The summed E-state index contributed by atoms with van der Waals surface area (Å²) in [5.41, 5.74) is 0.974. The Labute approximate surface area is 202 Å². The van der Waals surface area contributed by atoms with E-state index in [1.54, 1.807) is 12.1 Å². The molecule has 10 heteroatoms. The Bertz CT molecular complexity index is 991. The van der Waals surface area contributed by atoms with Crippen LogP contribution in [0.25, 0.3) is 0 Å². The van der Waals surface area contributed by atoms with Gasteiger partial charge in [0.15, 0.2) is 9.84 Å². The number of benzene rings is 1. The molecule has 0 bridgehead atoms. The predicted octanol–water partition coefficient (Wildman–Crippen LogP) is 0.227. The Balaban J connectivity index is 1.36. The zero-order chi connectivity index (χ0) is 24.5. The third-order valence-electron chi connectivity index (χ3n) is 7.60. The second-order valence-corrected chi connectivity index (χ2v) is 11.9. The van der Waals surface area contributed by atoms with E-state index in [0.717, 1.165) is 18.5 Å². The third kappa shape index (κ3) is 5.62. The number of carbonyl (C=O) groups excluding carboxylic acids is 2. The fraction of sp³-hybridized carbons (Fsp3) is 0.667. The minimum absolute atomic E-state index is 0.0148. The largest absolute Gasteiger partial charge is 0.393 e. The van der Waals surface area contributed by atoms with Crippen LogP contribution in [0, 0.1) is 0 Å². The van der Waals surface area contributed by atoms with E-state index in [4.69, 9.17) is 0 Å². The van der Waals surface area contributed by atoms with E-state index in [-0.39, 0.29) is 36.0 Å². The van der Waals surface area contributed by atoms with E-state index in [9.17, 15) is 23.1 Å². The lowest BCUT2D eigenvalue weighted by atomic mass is 10.0. The molecule has 3 atom stereocenters. The molecule has 9 nitrogen and oxygen atoms in total. The molecular formula is C24H36N4O5S. The summed E-state index contributed by atoms with van der Waals surface area (Å²) in [5.74, 6) is 0.138. The predicted molar refractivity (Wildman–Crippen MR) is 128 cm³/mol. The van der Waals surface area contributed by atoms with Gasteiger partial charge in [0.25, 0.3) is 0 Å². The van der Waals surface area contributed by atoms with Gasteiger partial charge in [-0.05, 0) is 50.4 Å². The van der Waals surface area contributed by atoms with E-state index in [1.165, 1.54) is 6.26 Å². The first-order valence-electron chi connectivity index (χ1n) is 12.1. The molecule has 0 aliphatic carbocycles. The summed E-state index contributed by atoms with van der Waals surface area (Å²) >= 11 is 0. The highest BCUT2D eigenvalue weighted by atomic mass is 32.2. The molecule has 0 aromatic heterocycles. The third-order valence-corrected chi connectivity index (χ3v) is 8.72. The maximum absolute atomic E-state index is 13.0. The fourth-order valence-electron chi connectivity index (χ4n) is 5.47. The van der Waals surface area contributed by atoms with Gasteiger partial charge in [-0.3, -0.25) is 19.4 Å². The first-order valence-corrected chi connectivity index (χ1v) is 14.0. The van der Waals surface area contributed by atoms with Crippen molar-refractivity contribution in [1.82, 2.24) is 20.0 Å². The number of hydrogen-bond acceptors (Lipinski definition) is 7. The van der Waals surface area contributed by atoms with Gasteiger partial charge < -0.3 is 15.3 Å². The molecule has 4 rings (SSSR count). The average Bonchev–Trinajstić information content (AvgIpc) is 3.17. The van der Waals surface area contributed by atoms with Crippen molar-refractivity contribution < 1.29 is 23.1 Å². The highest BCUT2D eigenvalue weighted by molar-refractivity contribution is 7.90. The molecule has 1 aromatic carbocycles. The summed E-state index contributed by atoms with van der Waals surface area (Å²) in [7, 11) is -1.19. The monoisotopic (exact) mass is 492 g/mol. The van der Waals surface area contributed by atoms with E-state index >= 15 is 0 Å². The number of fused-ring (bicyclic) bond motifs is 1. The SMILES string of the molecule is CN1[C@@H](CCC(=O)N2CCC(O)CC2)CNC(=O)[C@@H]2[C@H]1CCN2Cc1ccc(S(C)(=O)=O)cc1. The zero-order valence-corrected chi connectivity index (χ0v) is 20.8. The Kier molecular flexibility index (Phi) is 7.61. The zero-order valence-electron chi connectivity index (χ0n) is 20.0. The number of aliphatic hydroxyl groups is 1. The van der Waals surface area contributed by atoms with Crippen LogP contribution >= 0.6 is 0 Å². The summed E-state index contributed by atoms with van der Waals surface area (Å²) in [6, 6.07) is 6.76. The lowest BCUT2D eigenvalue weighted by Gasteiger charge is -2.34. The topological polar surface area (TPSA) is 110 Å². The van der Waals surface area contributed by atoms with Gasteiger partial charge in [-0.2, -0.15) is 0 Å². The summed E-state index contributed by atoms with van der Waals surface area (Å²) in [6.45, 7) is 3.11. The Morgan fingerprint density at radius 2 is 1.79 bits per heavy atom. The van der Waals surface area contributed by atoms with Crippen molar-refractivity contribution in [2.45, 2.75) is 67.8 Å². The van der Waals surface area contributed by atoms with E-state index in [2.05, 4.69) is 22.2 Å². The number of hydrogen-bond donors (Lipinski definition) is 2. The minimum Gasteiger partial charge on any atom is -0.393 e. The summed E-state index contributed by atoms with van der Waals surface area (Å²) in [4.78, 5) is 32.3. The molecule has 0 radical (unpaired) electrons. The van der Waals surface area contributed by atoms with Gasteiger partial charge in [-0.25, -0.2) is 8.42 Å². The molecule has 2 amide bonds. The van der Waals surface area contributed by atoms with Crippen LogP contribution in [-0.4, -0.2) is 104 Å². The minimum atomic E-state index is -3.24. The number of rotatable bonds is 6. The number of likely N-dealkylation sites (N-methyl/N-ethyl adjacent to an activating group) is 1. The van der Waals surface area contributed by atoms with Crippen molar-refractivity contribution in [1.29, 1.82) is 0 Å². The normalized spacial score (nSPS) is 27.3. The molecule has 2 N–H and O–H groups in total. The number of amides is 2. The van der Waals surface area contributed by atoms with Crippen LogP contribution in [0.5, 0.6) is 0 Å². The molecule has 188 valence electrons. The van der Waals surface area contributed by atoms with Crippen molar-refractivity contribution in [3.8, 4) is 0 Å². The number of piperidine rings is 1. The van der Waals surface area contributed by atoms with Crippen molar-refractivity contribution >= 4 is 21.7 Å². The van der Waals surface area contributed by atoms with Crippen molar-refractivity contribution in [2.24, 2.45) is 0 Å². The number of likely N-dealkylation sites (tertiary alicyclic amines) is 2. The summed E-state index contributed by atoms with van der Waals surface area (Å²) in [6.07, 6.45) is 4.17. The van der Waals surface area contributed by atoms with Crippen LogP contribution in [0.2, 0.25) is 0 Å². The number of aliphatic hydroxyl groups excluding tert-OH is 1. The fourth-order valence-corrected chi connectivity index (χ4v) is 6.10. The second-order valence-electron chi connectivity index (χ2n) is 9.90. The van der Waals surface area contributed by atoms with Crippen molar-refractivity contribution in [3.05, 3.63) is 29.8 Å². The summed E-state index contributed by atoms with van der Waals surface area (Å²) in [5, 5.41) is 12.8. The Morgan fingerprint density at radius 3 is 2.44 bits per heavy atom. The molecule has 1 aromatic rings. The van der Waals surface area contributed by atoms with Gasteiger partial charge in [-0.1, -0.05) is 12.1 Å². The highest BCUT2D eigenvalue weighted by Gasteiger charge is 2.45. The Morgan fingerprint density at radius 1 is 1.12 bits per heavy atom.